The van der Waals surface area contributed by atoms with Crippen molar-refractivity contribution in [3.05, 3.63) is 44.1 Å². The first-order chi connectivity index (χ1) is 7.66. The van der Waals surface area contributed by atoms with Gasteiger partial charge in [0.25, 0.3) is 5.56 Å². The summed E-state index contributed by atoms with van der Waals surface area (Å²) < 4.78 is 0. The van der Waals surface area contributed by atoms with E-state index in [0.29, 0.717) is 0 Å². The molecule has 0 atom stereocenters. The van der Waals surface area contributed by atoms with Gasteiger partial charge in [-0.2, -0.15) is 0 Å². The Labute approximate surface area is 91.2 Å². The number of aromatic amines is 2. The summed E-state index contributed by atoms with van der Waals surface area (Å²) in [7, 11) is 0. The molecule has 0 saturated carbocycles. The average Bonchev–Trinajstić information content (AvgIpc) is 2.25. The van der Waals surface area contributed by atoms with Gasteiger partial charge in [0, 0.05) is 0 Å². The molecular weight excluding hydrogens is 208 g/mol. The summed E-state index contributed by atoms with van der Waals surface area (Å²) in [6.45, 7) is 0. The molecule has 0 aromatic carbocycles. The van der Waals surface area contributed by atoms with Crippen LogP contribution in [0.25, 0.3) is 6.08 Å². The number of H-pyrrole nitrogens is 2. The van der Waals surface area contributed by atoms with Crippen molar-refractivity contribution in [2.45, 2.75) is 19.3 Å². The van der Waals surface area contributed by atoms with Gasteiger partial charge in [-0.25, -0.2) is 4.79 Å². The Morgan fingerprint density at radius 1 is 1.25 bits per heavy atom. The maximum absolute atomic E-state index is 11.4. The summed E-state index contributed by atoms with van der Waals surface area (Å²) >= 11 is 0. The fourth-order valence-corrected chi connectivity index (χ4v) is 1.68. The van der Waals surface area contributed by atoms with E-state index in [1.165, 1.54) is 0 Å². The number of rotatable bonds is 1. The van der Waals surface area contributed by atoms with Gasteiger partial charge in [-0.1, -0.05) is 17.7 Å². The zero-order valence-corrected chi connectivity index (χ0v) is 8.62. The maximum atomic E-state index is 11.4. The molecular formula is C11H12N2O3. The highest BCUT2D eigenvalue weighted by Gasteiger charge is 2.08. The van der Waals surface area contributed by atoms with Gasteiger partial charge in [0.1, 0.15) is 0 Å². The van der Waals surface area contributed by atoms with Crippen molar-refractivity contribution < 1.29 is 5.11 Å². The Kier molecular flexibility index (Phi) is 2.76. The van der Waals surface area contributed by atoms with Crippen LogP contribution < -0.4 is 11.2 Å². The van der Waals surface area contributed by atoms with E-state index in [2.05, 4.69) is 16.0 Å². The van der Waals surface area contributed by atoms with E-state index in [0.717, 1.165) is 24.8 Å². The summed E-state index contributed by atoms with van der Waals surface area (Å²) in [6.07, 6.45) is 8.31. The first kappa shape index (κ1) is 10.5. The van der Waals surface area contributed by atoms with Crippen LogP contribution in [0.2, 0.25) is 0 Å². The molecule has 0 saturated heterocycles. The lowest BCUT2D eigenvalue weighted by Crippen LogP contribution is -2.23. The smallest absolute Gasteiger partial charge is 0.328 e. The molecule has 5 heteroatoms. The van der Waals surface area contributed by atoms with Gasteiger partial charge in [0.15, 0.2) is 0 Å². The summed E-state index contributed by atoms with van der Waals surface area (Å²) in [4.78, 5) is 26.5. The lowest BCUT2D eigenvalue weighted by atomic mass is 9.99. The number of aromatic hydroxyl groups is 1. The Bertz CT molecular complexity index is 563. The van der Waals surface area contributed by atoms with E-state index in [9.17, 15) is 14.7 Å². The summed E-state index contributed by atoms with van der Waals surface area (Å²) in [5, 5.41) is 9.46. The molecule has 0 amide bonds. The first-order valence-electron chi connectivity index (χ1n) is 5.07. The minimum Gasteiger partial charge on any atom is -0.494 e. The van der Waals surface area contributed by atoms with Gasteiger partial charge in [-0.05, 0) is 25.3 Å². The maximum Gasteiger partial charge on any atom is 0.328 e. The molecule has 0 radical (unpaired) electrons. The number of allylic oxidation sites excluding steroid dienone is 3. The monoisotopic (exact) mass is 220 g/mol. The average molecular weight is 220 g/mol. The van der Waals surface area contributed by atoms with E-state index < -0.39 is 11.2 Å². The molecule has 5 nitrogen and oxygen atoms in total. The van der Waals surface area contributed by atoms with Crippen LogP contribution in [0.15, 0.2) is 27.3 Å². The second-order valence-corrected chi connectivity index (χ2v) is 3.69. The molecule has 1 heterocycles. The van der Waals surface area contributed by atoms with Crippen LogP contribution in [0.4, 0.5) is 0 Å². The fourth-order valence-electron chi connectivity index (χ4n) is 1.68. The highest BCUT2D eigenvalue weighted by Crippen LogP contribution is 2.20. The second kappa shape index (κ2) is 4.22. The Morgan fingerprint density at radius 2 is 2.06 bits per heavy atom. The molecule has 2 rings (SSSR count). The third kappa shape index (κ3) is 2.13. The predicted molar refractivity (Wildman–Crippen MR) is 60.3 cm³/mol. The minimum atomic E-state index is -0.701. The van der Waals surface area contributed by atoms with Crippen molar-refractivity contribution in [2.75, 3.05) is 0 Å². The summed E-state index contributed by atoms with van der Waals surface area (Å²) in [6, 6.07) is 0. The molecule has 1 aromatic rings. The van der Waals surface area contributed by atoms with Gasteiger partial charge in [-0.15, -0.1) is 0 Å². The number of hydrogen-bond acceptors (Lipinski definition) is 3. The van der Waals surface area contributed by atoms with Crippen LogP contribution in [0.1, 0.15) is 24.8 Å². The lowest BCUT2D eigenvalue weighted by Gasteiger charge is -2.07. The standard InChI is InChI=1S/C11H12N2O3/c14-9-8(10(15)13-11(16)12-9)6-7-4-2-1-3-5-7/h1-2,6H,3-5H2,(H3,12,13,14,15,16). The molecule has 16 heavy (non-hydrogen) atoms. The van der Waals surface area contributed by atoms with Crippen LogP contribution in [0, 0.1) is 0 Å². The largest absolute Gasteiger partial charge is 0.494 e. The number of nitrogens with one attached hydrogen (secondary N) is 2. The fraction of sp³-hybridized carbons (Fsp3) is 0.273. The third-order valence-corrected chi connectivity index (χ3v) is 2.49. The minimum absolute atomic E-state index is 0.116. The van der Waals surface area contributed by atoms with Crippen molar-refractivity contribution in [2.24, 2.45) is 0 Å². The van der Waals surface area contributed by atoms with E-state index >= 15 is 0 Å². The van der Waals surface area contributed by atoms with Crippen molar-refractivity contribution in [1.82, 2.24) is 9.97 Å². The van der Waals surface area contributed by atoms with Crippen LogP contribution in [0.5, 0.6) is 5.88 Å². The van der Waals surface area contributed by atoms with Crippen molar-refractivity contribution in [3.63, 3.8) is 0 Å². The molecule has 1 aliphatic rings. The normalized spacial score (nSPS) is 17.9. The van der Waals surface area contributed by atoms with Crippen LogP contribution >= 0.6 is 0 Å². The molecule has 1 aliphatic carbocycles. The molecule has 0 aliphatic heterocycles. The van der Waals surface area contributed by atoms with Crippen molar-refractivity contribution in [3.8, 4) is 5.88 Å². The molecule has 0 unspecified atom stereocenters. The molecule has 0 bridgehead atoms. The highest BCUT2D eigenvalue weighted by atomic mass is 16.3. The van der Waals surface area contributed by atoms with E-state index in [1.54, 1.807) is 6.08 Å². The first-order valence-corrected chi connectivity index (χ1v) is 5.07. The topological polar surface area (TPSA) is 85.9 Å². The van der Waals surface area contributed by atoms with E-state index in [-0.39, 0.29) is 11.4 Å². The summed E-state index contributed by atoms with van der Waals surface area (Å²) in [5.41, 5.74) is -0.0863. The highest BCUT2D eigenvalue weighted by molar-refractivity contribution is 5.56. The van der Waals surface area contributed by atoms with Gasteiger partial charge in [-0.3, -0.25) is 14.8 Å². The number of hydrogen-bond donors (Lipinski definition) is 3. The third-order valence-electron chi connectivity index (χ3n) is 2.49. The summed E-state index contributed by atoms with van der Waals surface area (Å²) in [5.74, 6) is -0.379. The van der Waals surface area contributed by atoms with Crippen LogP contribution in [-0.4, -0.2) is 15.1 Å². The molecule has 84 valence electrons. The zero-order valence-electron chi connectivity index (χ0n) is 8.62. The Hall–Kier alpha value is -2.04. The Morgan fingerprint density at radius 3 is 2.69 bits per heavy atom. The molecule has 0 fully saturated rings. The second-order valence-electron chi connectivity index (χ2n) is 3.69. The zero-order chi connectivity index (χ0) is 11.5. The molecule has 1 aromatic heterocycles. The van der Waals surface area contributed by atoms with Crippen molar-refractivity contribution in [1.29, 1.82) is 0 Å². The van der Waals surface area contributed by atoms with Gasteiger partial charge >= 0.3 is 5.69 Å². The van der Waals surface area contributed by atoms with E-state index in [4.69, 9.17) is 0 Å². The molecule has 3 N–H and O–H groups in total. The predicted octanol–water partition coefficient (Wildman–Crippen LogP) is 0.892. The van der Waals surface area contributed by atoms with Gasteiger partial charge < -0.3 is 5.11 Å². The lowest BCUT2D eigenvalue weighted by molar-refractivity contribution is 0.447. The van der Waals surface area contributed by atoms with Crippen molar-refractivity contribution >= 4 is 6.08 Å². The quantitative estimate of drug-likeness (QED) is 0.614. The molecule has 0 spiro atoms. The van der Waals surface area contributed by atoms with Crippen LogP contribution in [0.3, 0.4) is 0 Å². The van der Waals surface area contributed by atoms with Gasteiger partial charge in [0.2, 0.25) is 5.88 Å². The van der Waals surface area contributed by atoms with Gasteiger partial charge in [0.05, 0.1) is 5.56 Å². The SMILES string of the molecule is O=c1[nH]c(O)c(C=C2CC=CCC2)c(=O)[nH]1. The van der Waals surface area contributed by atoms with E-state index in [1.807, 2.05) is 6.08 Å². The van der Waals surface area contributed by atoms with Crippen LogP contribution in [-0.2, 0) is 0 Å². The Balaban J connectivity index is 2.45. The number of aromatic nitrogens is 2.